The van der Waals surface area contributed by atoms with E-state index in [1.165, 1.54) is 0 Å². The summed E-state index contributed by atoms with van der Waals surface area (Å²) in [6.45, 7) is -0.620. The molecule has 6 nitrogen and oxygen atoms in total. The van der Waals surface area contributed by atoms with Gasteiger partial charge >= 0.3 is 6.03 Å². The molecule has 162 valence electrons. The van der Waals surface area contributed by atoms with E-state index in [9.17, 15) is 23.2 Å². The van der Waals surface area contributed by atoms with Gasteiger partial charge in [0.25, 0.3) is 5.91 Å². The van der Waals surface area contributed by atoms with Crippen LogP contribution >= 0.6 is 0 Å². The Morgan fingerprint density at radius 2 is 1.59 bits per heavy atom. The van der Waals surface area contributed by atoms with Gasteiger partial charge in [0.1, 0.15) is 18.2 Å². The first-order valence-corrected chi connectivity index (χ1v) is 9.87. The third-order valence-corrected chi connectivity index (χ3v) is 5.26. The lowest BCUT2D eigenvalue weighted by atomic mass is 9.83. The van der Waals surface area contributed by atoms with Crippen molar-refractivity contribution in [3.63, 3.8) is 0 Å². The molecule has 1 fully saturated rings. The van der Waals surface area contributed by atoms with Crippen molar-refractivity contribution in [3.8, 4) is 0 Å². The summed E-state index contributed by atoms with van der Waals surface area (Å²) >= 11 is 0. The second-order valence-electron chi connectivity index (χ2n) is 7.43. The highest BCUT2D eigenvalue weighted by Crippen LogP contribution is 2.33. The Balaban J connectivity index is 1.60. The Bertz CT molecular complexity index is 1170. The van der Waals surface area contributed by atoms with Crippen molar-refractivity contribution < 1.29 is 23.2 Å². The van der Waals surface area contributed by atoms with Gasteiger partial charge in [-0.05, 0) is 23.3 Å². The van der Waals surface area contributed by atoms with Crippen LogP contribution in [0.5, 0.6) is 0 Å². The molecule has 3 aromatic rings. The molecule has 1 atom stereocenters. The molecule has 0 spiro atoms. The van der Waals surface area contributed by atoms with E-state index in [0.29, 0.717) is 11.6 Å². The molecule has 0 aliphatic carbocycles. The molecule has 3 aromatic carbocycles. The molecule has 32 heavy (non-hydrogen) atoms. The van der Waals surface area contributed by atoms with Gasteiger partial charge in [-0.15, -0.1) is 0 Å². The second-order valence-corrected chi connectivity index (χ2v) is 7.43. The van der Waals surface area contributed by atoms with Gasteiger partial charge in [0.15, 0.2) is 5.54 Å². The summed E-state index contributed by atoms with van der Waals surface area (Å²) in [6, 6.07) is 19.9. The van der Waals surface area contributed by atoms with Crippen LogP contribution in [0.25, 0.3) is 0 Å². The van der Waals surface area contributed by atoms with Crippen molar-refractivity contribution in [2.24, 2.45) is 0 Å². The zero-order valence-corrected chi connectivity index (χ0v) is 16.8. The SMILES string of the molecule is O=C(CN1C(=O)NC(Cc2ccccc2)(c2ccccc2)C1=O)Nc1ccc(F)cc1F. The molecule has 1 heterocycles. The summed E-state index contributed by atoms with van der Waals surface area (Å²) < 4.78 is 26.9. The number of carbonyl (C=O) groups is 3. The van der Waals surface area contributed by atoms with E-state index < -0.39 is 41.6 Å². The number of halogens is 2. The van der Waals surface area contributed by atoms with E-state index in [1.807, 2.05) is 30.3 Å². The lowest BCUT2D eigenvalue weighted by Gasteiger charge is -2.27. The summed E-state index contributed by atoms with van der Waals surface area (Å²) in [5.74, 6) is -3.13. The first kappa shape index (κ1) is 21.2. The number of carbonyl (C=O) groups excluding carboxylic acids is 3. The maximum absolute atomic E-state index is 13.8. The Labute approximate surface area is 182 Å². The van der Waals surface area contributed by atoms with Gasteiger partial charge in [-0.25, -0.2) is 13.6 Å². The van der Waals surface area contributed by atoms with Gasteiger partial charge in [0, 0.05) is 12.5 Å². The monoisotopic (exact) mass is 435 g/mol. The molecule has 1 aliphatic rings. The van der Waals surface area contributed by atoms with E-state index >= 15 is 0 Å². The predicted octanol–water partition coefficient (Wildman–Crippen LogP) is 3.59. The third kappa shape index (κ3) is 4.07. The number of hydrogen-bond donors (Lipinski definition) is 2. The van der Waals surface area contributed by atoms with Crippen LogP contribution in [0.1, 0.15) is 11.1 Å². The first-order chi connectivity index (χ1) is 15.4. The predicted molar refractivity (Wildman–Crippen MR) is 113 cm³/mol. The number of amides is 4. The van der Waals surface area contributed by atoms with Crippen LogP contribution in [0.2, 0.25) is 0 Å². The molecule has 0 bridgehead atoms. The topological polar surface area (TPSA) is 78.5 Å². The molecule has 1 unspecified atom stereocenters. The molecule has 0 radical (unpaired) electrons. The minimum Gasteiger partial charge on any atom is -0.322 e. The Kier molecular flexibility index (Phi) is 5.68. The lowest BCUT2D eigenvalue weighted by Crippen LogP contribution is -2.46. The van der Waals surface area contributed by atoms with Crippen molar-refractivity contribution in [2.45, 2.75) is 12.0 Å². The standard InChI is InChI=1S/C24H19F2N3O3/c25-18-11-12-20(19(26)13-18)27-21(30)15-29-22(31)24(28-23(29)32,17-9-5-2-6-10-17)14-16-7-3-1-4-8-16/h1-13H,14-15H2,(H,27,30)(H,28,32). The Hall–Kier alpha value is -4.07. The van der Waals surface area contributed by atoms with E-state index in [2.05, 4.69) is 10.6 Å². The summed E-state index contributed by atoms with van der Waals surface area (Å²) in [6.07, 6.45) is 0.188. The van der Waals surface area contributed by atoms with E-state index in [1.54, 1.807) is 30.3 Å². The largest absolute Gasteiger partial charge is 0.325 e. The van der Waals surface area contributed by atoms with E-state index in [-0.39, 0.29) is 12.1 Å². The van der Waals surface area contributed by atoms with Gasteiger partial charge in [0.05, 0.1) is 5.69 Å². The summed E-state index contributed by atoms with van der Waals surface area (Å²) in [4.78, 5) is 39.5. The number of anilines is 1. The van der Waals surface area contributed by atoms with Crippen LogP contribution in [0.4, 0.5) is 19.3 Å². The van der Waals surface area contributed by atoms with Crippen molar-refractivity contribution in [3.05, 3.63) is 102 Å². The van der Waals surface area contributed by atoms with Crippen LogP contribution in [-0.4, -0.2) is 29.3 Å². The molecular weight excluding hydrogens is 416 g/mol. The maximum atomic E-state index is 13.8. The molecule has 0 saturated carbocycles. The molecule has 4 rings (SSSR count). The molecular formula is C24H19F2N3O3. The quantitative estimate of drug-likeness (QED) is 0.581. The molecule has 4 amide bonds. The minimum atomic E-state index is -1.39. The molecule has 8 heteroatoms. The zero-order valence-electron chi connectivity index (χ0n) is 16.8. The van der Waals surface area contributed by atoms with Crippen molar-refractivity contribution in [1.82, 2.24) is 10.2 Å². The highest BCUT2D eigenvalue weighted by Gasteiger charge is 2.52. The fraction of sp³-hybridized carbons (Fsp3) is 0.125. The van der Waals surface area contributed by atoms with Crippen molar-refractivity contribution in [2.75, 3.05) is 11.9 Å². The van der Waals surface area contributed by atoms with Crippen LogP contribution in [0.15, 0.2) is 78.9 Å². The van der Waals surface area contributed by atoms with Gasteiger partial charge in [-0.3, -0.25) is 14.5 Å². The van der Waals surface area contributed by atoms with E-state index in [0.717, 1.165) is 22.6 Å². The second kappa shape index (κ2) is 8.58. The summed E-state index contributed by atoms with van der Waals surface area (Å²) in [5.41, 5.74) is -0.234. The van der Waals surface area contributed by atoms with Gasteiger partial charge < -0.3 is 10.6 Å². The molecule has 0 aromatic heterocycles. The zero-order chi connectivity index (χ0) is 22.7. The molecule has 1 saturated heterocycles. The number of urea groups is 1. The highest BCUT2D eigenvalue weighted by atomic mass is 19.1. The van der Waals surface area contributed by atoms with Crippen molar-refractivity contribution >= 4 is 23.5 Å². The van der Waals surface area contributed by atoms with Gasteiger partial charge in [0.2, 0.25) is 5.91 Å². The summed E-state index contributed by atoms with van der Waals surface area (Å²) in [7, 11) is 0. The van der Waals surface area contributed by atoms with Crippen LogP contribution < -0.4 is 10.6 Å². The fourth-order valence-electron chi connectivity index (χ4n) is 3.74. The number of nitrogens with one attached hydrogen (secondary N) is 2. The highest BCUT2D eigenvalue weighted by molar-refractivity contribution is 6.10. The number of rotatable bonds is 6. The Morgan fingerprint density at radius 3 is 2.25 bits per heavy atom. The number of benzene rings is 3. The summed E-state index contributed by atoms with van der Waals surface area (Å²) in [5, 5.41) is 5.02. The number of hydrogen-bond acceptors (Lipinski definition) is 3. The lowest BCUT2D eigenvalue weighted by molar-refractivity contribution is -0.134. The average Bonchev–Trinajstić information content (AvgIpc) is 3.02. The maximum Gasteiger partial charge on any atom is 0.325 e. The fourth-order valence-corrected chi connectivity index (χ4v) is 3.74. The van der Waals surface area contributed by atoms with Crippen molar-refractivity contribution in [1.29, 1.82) is 0 Å². The number of imide groups is 1. The number of nitrogens with zero attached hydrogens (tertiary/aromatic N) is 1. The normalized spacial score (nSPS) is 17.9. The molecule has 2 N–H and O–H groups in total. The average molecular weight is 435 g/mol. The third-order valence-electron chi connectivity index (χ3n) is 5.26. The van der Waals surface area contributed by atoms with Gasteiger partial charge in [-0.1, -0.05) is 60.7 Å². The van der Waals surface area contributed by atoms with E-state index in [4.69, 9.17) is 0 Å². The minimum absolute atomic E-state index is 0.188. The van der Waals surface area contributed by atoms with Crippen LogP contribution in [0, 0.1) is 11.6 Å². The Morgan fingerprint density at radius 1 is 0.938 bits per heavy atom. The van der Waals surface area contributed by atoms with Gasteiger partial charge in [-0.2, -0.15) is 0 Å². The van der Waals surface area contributed by atoms with Crippen LogP contribution in [0.3, 0.4) is 0 Å². The van der Waals surface area contributed by atoms with Crippen LogP contribution in [-0.2, 0) is 21.5 Å². The molecule has 1 aliphatic heterocycles. The first-order valence-electron chi connectivity index (χ1n) is 9.87. The smallest absolute Gasteiger partial charge is 0.322 e.